The molecule has 0 saturated heterocycles. The first kappa shape index (κ1) is 12.8. The number of anilines is 2. The second-order valence-electron chi connectivity index (χ2n) is 3.45. The number of rotatable bonds is 3. The fraction of sp³-hybridized carbons (Fsp3) is 0.167. The van der Waals surface area contributed by atoms with Gasteiger partial charge in [-0.3, -0.25) is 0 Å². The van der Waals surface area contributed by atoms with Gasteiger partial charge in [-0.25, -0.2) is 0 Å². The molecule has 3 nitrogen and oxygen atoms in total. The van der Waals surface area contributed by atoms with Gasteiger partial charge in [0.25, 0.3) is 0 Å². The van der Waals surface area contributed by atoms with Crippen molar-refractivity contribution in [2.24, 2.45) is 0 Å². The van der Waals surface area contributed by atoms with Crippen LogP contribution in [0, 0.1) is 0 Å². The maximum absolute atomic E-state index is 11.8. The van der Waals surface area contributed by atoms with E-state index in [9.17, 15) is 4.79 Å². The number of carbonyl (C=O) groups is 1. The zero-order valence-electron chi connectivity index (χ0n) is 9.26. The van der Waals surface area contributed by atoms with E-state index in [0.717, 1.165) is 20.5 Å². The molecule has 0 bridgehead atoms. The predicted octanol–water partition coefficient (Wildman–Crippen LogP) is 2.76. The number of aromatic nitrogens is 1. The molecule has 0 aliphatic heterocycles. The first-order chi connectivity index (χ1) is 8.22. The van der Waals surface area contributed by atoms with Gasteiger partial charge in [-0.2, -0.15) is 0 Å². The van der Waals surface area contributed by atoms with Crippen LogP contribution in [-0.2, 0) is 9.22 Å². The van der Waals surface area contributed by atoms with Crippen molar-refractivity contribution in [3.05, 3.63) is 41.0 Å². The average molecular weight is 405 g/mol. The van der Waals surface area contributed by atoms with Gasteiger partial charge in [0.05, 0.1) is 0 Å². The van der Waals surface area contributed by atoms with Crippen molar-refractivity contribution >= 4 is 53.4 Å². The topological polar surface area (TPSA) is 33.2 Å². The molecule has 1 aromatic carbocycles. The Morgan fingerprint density at radius 2 is 2.12 bits per heavy atom. The molecule has 0 aliphatic rings. The Balaban J connectivity index is 2.39. The van der Waals surface area contributed by atoms with E-state index in [1.165, 1.54) is 0 Å². The van der Waals surface area contributed by atoms with Gasteiger partial charge in [0.2, 0.25) is 0 Å². The number of halogens is 1. The Morgan fingerprint density at radius 1 is 1.41 bits per heavy atom. The molecule has 5 heteroatoms. The summed E-state index contributed by atoms with van der Waals surface area (Å²) < 4.78 is 1.77. The fourth-order valence-electron chi connectivity index (χ4n) is 1.46. The van der Waals surface area contributed by atoms with Crippen molar-refractivity contribution in [3.63, 3.8) is 0 Å². The van der Waals surface area contributed by atoms with Crippen molar-refractivity contribution in [3.8, 4) is 0 Å². The van der Waals surface area contributed by atoms with E-state index in [2.05, 4.69) is 32.5 Å². The molecular formula is C12H11IN2OSe. The summed E-state index contributed by atoms with van der Waals surface area (Å²) >= 11 is 2.44. The van der Waals surface area contributed by atoms with E-state index in [0.29, 0.717) is 0 Å². The van der Waals surface area contributed by atoms with Gasteiger partial charge >= 0.3 is 120 Å². The number of carbonyl (C=O) groups excluding carboxylic acids is 1. The molecule has 0 saturated carbocycles. The van der Waals surface area contributed by atoms with Crippen LogP contribution in [0.1, 0.15) is 12.6 Å². The van der Waals surface area contributed by atoms with Crippen LogP contribution in [0.2, 0.25) is 0 Å². The summed E-state index contributed by atoms with van der Waals surface area (Å²) in [5, 5.41) is 0. The molecule has 2 aromatic rings. The van der Waals surface area contributed by atoms with Crippen molar-refractivity contribution in [2.45, 2.75) is 11.4 Å². The molecule has 17 heavy (non-hydrogen) atoms. The van der Waals surface area contributed by atoms with Crippen LogP contribution in [0.15, 0.2) is 35.3 Å². The van der Waals surface area contributed by atoms with Gasteiger partial charge < -0.3 is 0 Å². The Hall–Kier alpha value is -0.651. The number of benzene rings is 1. The number of amides is 1. The van der Waals surface area contributed by atoms with E-state index < -0.39 is 0 Å². The zero-order valence-corrected chi connectivity index (χ0v) is 13.1. The standard InChI is InChI=1S/C12H11IN2OSe/c1-9(16)15(11-5-3-2-4-6-11)12-14-10(7-13)8-17-12/h2-6,8H,7H2,1H3. The summed E-state index contributed by atoms with van der Waals surface area (Å²) in [6.07, 6.45) is 0. The van der Waals surface area contributed by atoms with E-state index in [1.54, 1.807) is 11.8 Å². The van der Waals surface area contributed by atoms with E-state index in [-0.39, 0.29) is 20.4 Å². The predicted molar refractivity (Wildman–Crippen MR) is 78.2 cm³/mol. The van der Waals surface area contributed by atoms with Crippen LogP contribution >= 0.6 is 22.6 Å². The van der Waals surface area contributed by atoms with Gasteiger partial charge in [0.15, 0.2) is 0 Å². The molecule has 0 atom stereocenters. The molecule has 88 valence electrons. The fourth-order valence-corrected chi connectivity index (χ4v) is 4.39. The monoisotopic (exact) mass is 406 g/mol. The first-order valence-corrected chi connectivity index (χ1v) is 8.45. The SMILES string of the molecule is CC(=O)N(c1ccccc1)c1nc(CI)c[se]1. The summed E-state index contributed by atoms with van der Waals surface area (Å²) in [5.41, 5.74) is 1.96. The van der Waals surface area contributed by atoms with Gasteiger partial charge in [-0.15, -0.1) is 0 Å². The van der Waals surface area contributed by atoms with Crippen LogP contribution in [-0.4, -0.2) is 25.4 Å². The first-order valence-electron chi connectivity index (χ1n) is 5.08. The quantitative estimate of drug-likeness (QED) is 0.447. The Labute approximate surface area is 120 Å². The molecule has 1 aromatic heterocycles. The molecule has 0 aliphatic carbocycles. The van der Waals surface area contributed by atoms with E-state index in [4.69, 9.17) is 0 Å². The molecule has 2 rings (SSSR count). The van der Waals surface area contributed by atoms with Gasteiger partial charge in [0, 0.05) is 0 Å². The third-order valence-electron chi connectivity index (χ3n) is 2.20. The summed E-state index contributed by atoms with van der Waals surface area (Å²) in [7, 11) is 0. The second-order valence-corrected chi connectivity index (χ2v) is 5.96. The summed E-state index contributed by atoms with van der Waals surface area (Å²) in [6.45, 7) is 1.58. The van der Waals surface area contributed by atoms with Crippen LogP contribution in [0.25, 0.3) is 0 Å². The Bertz CT molecular complexity index is 512. The van der Waals surface area contributed by atoms with Gasteiger partial charge in [0.1, 0.15) is 0 Å². The summed E-state index contributed by atoms with van der Waals surface area (Å²) in [4.78, 5) is 20.1. The summed E-state index contributed by atoms with van der Waals surface area (Å²) in [6, 6.07) is 9.67. The summed E-state index contributed by atoms with van der Waals surface area (Å²) in [5.74, 6) is 0.0138. The van der Waals surface area contributed by atoms with Crippen molar-refractivity contribution in [2.75, 3.05) is 4.90 Å². The normalized spacial score (nSPS) is 10.2. The van der Waals surface area contributed by atoms with E-state index >= 15 is 0 Å². The number of para-hydroxylation sites is 1. The van der Waals surface area contributed by atoms with Crippen molar-refractivity contribution < 1.29 is 4.79 Å². The number of hydrogen-bond acceptors (Lipinski definition) is 2. The Kier molecular flexibility index (Phi) is 4.36. The van der Waals surface area contributed by atoms with Crippen LogP contribution < -0.4 is 4.90 Å². The van der Waals surface area contributed by atoms with Gasteiger partial charge in [-0.05, 0) is 0 Å². The molecule has 1 heterocycles. The van der Waals surface area contributed by atoms with Crippen LogP contribution in [0.4, 0.5) is 10.4 Å². The third-order valence-corrected chi connectivity index (χ3v) is 4.81. The van der Waals surface area contributed by atoms with Gasteiger partial charge in [-0.1, -0.05) is 0 Å². The third kappa shape index (κ3) is 2.97. The van der Waals surface area contributed by atoms with Crippen LogP contribution in [0.3, 0.4) is 0 Å². The van der Waals surface area contributed by atoms with Crippen LogP contribution in [0.5, 0.6) is 0 Å². The maximum atomic E-state index is 11.8. The molecule has 0 N–H and O–H groups in total. The minimum absolute atomic E-state index is 0.0138. The molecule has 0 spiro atoms. The number of hydrogen-bond donors (Lipinski definition) is 0. The molecular weight excluding hydrogens is 394 g/mol. The van der Waals surface area contributed by atoms with E-state index in [1.807, 2.05) is 30.3 Å². The van der Waals surface area contributed by atoms with Crippen molar-refractivity contribution in [1.82, 2.24) is 4.98 Å². The number of nitrogens with zero attached hydrogens (tertiary/aromatic N) is 2. The zero-order chi connectivity index (χ0) is 12.3. The minimum atomic E-state index is 0.0138. The molecule has 0 radical (unpaired) electrons. The molecule has 1 amide bonds. The second kappa shape index (κ2) is 5.80. The van der Waals surface area contributed by atoms with Crippen molar-refractivity contribution in [1.29, 1.82) is 0 Å². The molecule has 0 fully saturated rings. The Morgan fingerprint density at radius 3 is 2.65 bits per heavy atom. The molecule has 0 unspecified atom stereocenters. The average Bonchev–Trinajstić information content (AvgIpc) is 2.79. The number of alkyl halides is 1.